The Hall–Kier alpha value is -1.67. The lowest BCUT2D eigenvalue weighted by atomic mass is 10.2. The van der Waals surface area contributed by atoms with Crippen molar-refractivity contribution in [2.75, 3.05) is 11.9 Å². The Kier molecular flexibility index (Phi) is 6.10. The van der Waals surface area contributed by atoms with E-state index in [2.05, 4.69) is 10.0 Å². The summed E-state index contributed by atoms with van der Waals surface area (Å²) in [6.07, 6.45) is 1.24. The summed E-state index contributed by atoms with van der Waals surface area (Å²) in [6, 6.07) is 4.01. The normalized spacial score (nSPS) is 11.6. The Balaban J connectivity index is 3.34. The van der Waals surface area contributed by atoms with Crippen LogP contribution in [0.25, 0.3) is 0 Å². The molecule has 7 nitrogen and oxygen atoms in total. The molecule has 0 aliphatic carbocycles. The first-order valence-electron chi connectivity index (χ1n) is 6.90. The van der Waals surface area contributed by atoms with Crippen LogP contribution < -0.4 is 10.0 Å². The van der Waals surface area contributed by atoms with E-state index in [0.717, 1.165) is 0 Å². The molecule has 0 unspecified atom stereocenters. The minimum absolute atomic E-state index is 0.204. The van der Waals surface area contributed by atoms with Crippen LogP contribution in [0.1, 0.15) is 33.6 Å². The predicted molar refractivity (Wildman–Crippen MR) is 82.0 cm³/mol. The fourth-order valence-corrected chi connectivity index (χ4v) is 3.59. The van der Waals surface area contributed by atoms with Crippen molar-refractivity contribution in [2.45, 2.75) is 44.6 Å². The maximum absolute atomic E-state index is 12.4. The Morgan fingerprint density at radius 1 is 1.24 bits per heavy atom. The number of benzene rings is 1. The van der Waals surface area contributed by atoms with Crippen molar-refractivity contribution in [1.29, 1.82) is 0 Å². The van der Waals surface area contributed by atoms with Gasteiger partial charge in [-0.25, -0.2) is 13.1 Å². The third-order valence-corrected chi connectivity index (χ3v) is 4.70. The van der Waals surface area contributed by atoms with Gasteiger partial charge in [-0.2, -0.15) is 0 Å². The van der Waals surface area contributed by atoms with E-state index in [0.29, 0.717) is 19.4 Å². The first-order chi connectivity index (χ1) is 9.87. The number of hydrogen-bond acceptors (Lipinski definition) is 5. The number of sulfonamides is 1. The fraction of sp³-hybridized carbons (Fsp3) is 0.538. The SMILES string of the molecule is CCNc1cccc(S(=O)(=O)NC(CC)CC)c1[N+](=O)[O-]. The molecule has 0 aliphatic rings. The monoisotopic (exact) mass is 315 g/mol. The van der Waals surface area contributed by atoms with Gasteiger partial charge in [0, 0.05) is 12.6 Å². The van der Waals surface area contributed by atoms with Crippen LogP contribution >= 0.6 is 0 Å². The third-order valence-electron chi connectivity index (χ3n) is 3.15. The molecular weight excluding hydrogens is 294 g/mol. The molecule has 0 fully saturated rings. The molecular formula is C13H21N3O4S. The molecule has 0 saturated heterocycles. The van der Waals surface area contributed by atoms with Crippen LogP contribution in [0.15, 0.2) is 23.1 Å². The summed E-state index contributed by atoms with van der Waals surface area (Å²) in [7, 11) is -3.93. The minimum Gasteiger partial charge on any atom is -0.380 e. The molecule has 1 aromatic rings. The van der Waals surface area contributed by atoms with E-state index in [9.17, 15) is 18.5 Å². The molecule has 118 valence electrons. The average molecular weight is 315 g/mol. The van der Waals surface area contributed by atoms with Crippen LogP contribution in [-0.4, -0.2) is 25.9 Å². The molecule has 8 heteroatoms. The highest BCUT2D eigenvalue weighted by molar-refractivity contribution is 7.89. The molecule has 0 spiro atoms. The van der Waals surface area contributed by atoms with Gasteiger partial charge in [-0.3, -0.25) is 10.1 Å². The second-order valence-corrected chi connectivity index (χ2v) is 6.26. The van der Waals surface area contributed by atoms with Crippen LogP contribution in [0.4, 0.5) is 11.4 Å². The van der Waals surface area contributed by atoms with Crippen LogP contribution in [0.2, 0.25) is 0 Å². The highest BCUT2D eigenvalue weighted by Crippen LogP contribution is 2.32. The summed E-state index contributed by atoms with van der Waals surface area (Å²) in [5, 5.41) is 14.1. The molecule has 0 bridgehead atoms. The average Bonchev–Trinajstić information content (AvgIpc) is 2.44. The second-order valence-electron chi connectivity index (χ2n) is 4.57. The highest BCUT2D eigenvalue weighted by Gasteiger charge is 2.29. The summed E-state index contributed by atoms with van der Waals surface area (Å²) in [5.41, 5.74) is -0.215. The van der Waals surface area contributed by atoms with Gasteiger partial charge in [-0.1, -0.05) is 19.9 Å². The van der Waals surface area contributed by atoms with Gasteiger partial charge in [-0.15, -0.1) is 0 Å². The van der Waals surface area contributed by atoms with Gasteiger partial charge in [0.15, 0.2) is 4.90 Å². The van der Waals surface area contributed by atoms with E-state index >= 15 is 0 Å². The van der Waals surface area contributed by atoms with Crippen molar-refractivity contribution < 1.29 is 13.3 Å². The standard InChI is InChI=1S/C13H21N3O4S/c1-4-10(5-2)15-21(19,20)12-9-7-8-11(14-6-3)13(12)16(17)18/h7-10,14-15H,4-6H2,1-3H3. The molecule has 0 radical (unpaired) electrons. The Morgan fingerprint density at radius 3 is 2.33 bits per heavy atom. The van der Waals surface area contributed by atoms with Crippen LogP contribution in [0.5, 0.6) is 0 Å². The molecule has 0 aromatic heterocycles. The summed E-state index contributed by atoms with van der Waals surface area (Å²) < 4.78 is 27.3. The molecule has 0 saturated carbocycles. The molecule has 1 aromatic carbocycles. The van der Waals surface area contributed by atoms with Crippen molar-refractivity contribution in [2.24, 2.45) is 0 Å². The van der Waals surface area contributed by atoms with Gasteiger partial charge in [-0.05, 0) is 31.9 Å². The van der Waals surface area contributed by atoms with Crippen molar-refractivity contribution in [1.82, 2.24) is 4.72 Å². The quantitative estimate of drug-likeness (QED) is 0.567. The summed E-state index contributed by atoms with van der Waals surface area (Å²) in [6.45, 7) is 5.97. The smallest absolute Gasteiger partial charge is 0.312 e. The third kappa shape index (κ3) is 4.15. The Bertz CT molecular complexity index is 597. The van der Waals surface area contributed by atoms with Gasteiger partial charge in [0.2, 0.25) is 10.0 Å². The fourth-order valence-electron chi connectivity index (χ4n) is 2.00. The maximum Gasteiger partial charge on any atom is 0.312 e. The molecule has 2 N–H and O–H groups in total. The number of rotatable bonds is 8. The number of para-hydroxylation sites is 1. The topological polar surface area (TPSA) is 101 Å². The van der Waals surface area contributed by atoms with Crippen LogP contribution in [0.3, 0.4) is 0 Å². The summed E-state index contributed by atoms with van der Waals surface area (Å²) in [5.74, 6) is 0. The highest BCUT2D eigenvalue weighted by atomic mass is 32.2. The lowest BCUT2D eigenvalue weighted by molar-refractivity contribution is -0.386. The van der Waals surface area contributed by atoms with Crippen LogP contribution in [0, 0.1) is 10.1 Å². The predicted octanol–water partition coefficient (Wildman–Crippen LogP) is 2.49. The van der Waals surface area contributed by atoms with E-state index in [4.69, 9.17) is 0 Å². The molecule has 21 heavy (non-hydrogen) atoms. The lowest BCUT2D eigenvalue weighted by Crippen LogP contribution is -2.34. The first kappa shape index (κ1) is 17.4. The number of anilines is 1. The number of nitro groups is 1. The molecule has 0 aliphatic heterocycles. The minimum atomic E-state index is -3.93. The van der Waals surface area contributed by atoms with Gasteiger partial charge < -0.3 is 5.32 Å². The second kappa shape index (κ2) is 7.37. The van der Waals surface area contributed by atoms with Gasteiger partial charge >= 0.3 is 5.69 Å². The zero-order chi connectivity index (χ0) is 16.0. The van der Waals surface area contributed by atoms with Gasteiger partial charge in [0.1, 0.15) is 5.69 Å². The lowest BCUT2D eigenvalue weighted by Gasteiger charge is -2.16. The van der Waals surface area contributed by atoms with E-state index in [-0.39, 0.29) is 16.6 Å². The largest absolute Gasteiger partial charge is 0.380 e. The maximum atomic E-state index is 12.4. The van der Waals surface area contributed by atoms with E-state index in [1.54, 1.807) is 6.92 Å². The number of nitrogens with one attached hydrogen (secondary N) is 2. The van der Waals surface area contributed by atoms with Gasteiger partial charge in [0.05, 0.1) is 4.92 Å². The molecule has 1 rings (SSSR count). The van der Waals surface area contributed by atoms with E-state index in [1.807, 2.05) is 13.8 Å². The summed E-state index contributed by atoms with van der Waals surface area (Å²) >= 11 is 0. The molecule has 0 atom stereocenters. The van der Waals surface area contributed by atoms with E-state index in [1.165, 1.54) is 18.2 Å². The Morgan fingerprint density at radius 2 is 1.86 bits per heavy atom. The number of nitrogens with zero attached hydrogens (tertiary/aromatic N) is 1. The molecule has 0 heterocycles. The first-order valence-corrected chi connectivity index (χ1v) is 8.39. The van der Waals surface area contributed by atoms with E-state index < -0.39 is 20.6 Å². The molecule has 0 amide bonds. The zero-order valence-electron chi connectivity index (χ0n) is 12.4. The summed E-state index contributed by atoms with van der Waals surface area (Å²) in [4.78, 5) is 10.3. The van der Waals surface area contributed by atoms with Crippen molar-refractivity contribution in [3.05, 3.63) is 28.3 Å². The van der Waals surface area contributed by atoms with Crippen molar-refractivity contribution in [3.8, 4) is 0 Å². The zero-order valence-corrected chi connectivity index (χ0v) is 13.2. The van der Waals surface area contributed by atoms with Crippen molar-refractivity contribution >= 4 is 21.4 Å². The number of hydrogen-bond donors (Lipinski definition) is 2. The van der Waals surface area contributed by atoms with Crippen molar-refractivity contribution in [3.63, 3.8) is 0 Å². The van der Waals surface area contributed by atoms with Gasteiger partial charge in [0.25, 0.3) is 0 Å². The van der Waals surface area contributed by atoms with Crippen LogP contribution in [-0.2, 0) is 10.0 Å². The Labute approximate surface area is 124 Å². The number of nitro benzene ring substituents is 1.